The van der Waals surface area contributed by atoms with Crippen LogP contribution in [-0.4, -0.2) is 57.1 Å². The summed E-state index contributed by atoms with van der Waals surface area (Å²) in [4.78, 5) is 27.4. The fourth-order valence-corrected chi connectivity index (χ4v) is 4.68. The minimum absolute atomic E-state index is 0.0693. The molecule has 2 aromatic carbocycles. The third kappa shape index (κ3) is 9.32. The summed E-state index contributed by atoms with van der Waals surface area (Å²) in [7, 11) is -3.62. The Balaban J connectivity index is 2.07. The first-order valence-corrected chi connectivity index (χ1v) is 13.8. The Morgan fingerprint density at radius 2 is 1.66 bits per heavy atom. The highest BCUT2D eigenvalue weighted by Crippen LogP contribution is 2.19. The molecule has 0 radical (unpaired) electrons. The highest BCUT2D eigenvalue weighted by Gasteiger charge is 2.26. The fourth-order valence-electron chi connectivity index (χ4n) is 3.72. The lowest BCUT2D eigenvalue weighted by Crippen LogP contribution is -2.49. The van der Waals surface area contributed by atoms with Crippen LogP contribution in [-0.2, 0) is 26.0 Å². The second-order valence-electron chi connectivity index (χ2n) is 8.56. The molecule has 1 unspecified atom stereocenters. The van der Waals surface area contributed by atoms with E-state index in [9.17, 15) is 22.4 Å². The Hall–Kier alpha value is -2.94. The molecule has 0 saturated carbocycles. The van der Waals surface area contributed by atoms with Crippen LogP contribution in [0.2, 0.25) is 0 Å². The molecular weight excluding hydrogens is 469 g/mol. The zero-order chi connectivity index (χ0) is 25.8. The summed E-state index contributed by atoms with van der Waals surface area (Å²) in [5.74, 6) is -0.881. The molecule has 0 aromatic heterocycles. The van der Waals surface area contributed by atoms with Crippen LogP contribution >= 0.6 is 0 Å². The second kappa shape index (κ2) is 13.8. The van der Waals surface area contributed by atoms with Crippen LogP contribution in [0.1, 0.15) is 45.1 Å². The van der Waals surface area contributed by atoms with Crippen LogP contribution in [0.15, 0.2) is 54.6 Å². The second-order valence-corrected chi connectivity index (χ2v) is 10.5. The predicted octanol–water partition coefficient (Wildman–Crippen LogP) is 3.75. The van der Waals surface area contributed by atoms with Gasteiger partial charge >= 0.3 is 0 Å². The number of carbonyl (C=O) groups is 2. The van der Waals surface area contributed by atoms with E-state index >= 15 is 0 Å². The minimum Gasteiger partial charge on any atom is -0.354 e. The van der Waals surface area contributed by atoms with E-state index in [1.165, 1.54) is 24.3 Å². The number of nitrogens with zero attached hydrogens (tertiary/aromatic N) is 2. The van der Waals surface area contributed by atoms with Crippen molar-refractivity contribution in [3.05, 3.63) is 66.0 Å². The Labute approximate surface area is 208 Å². The number of sulfonamides is 1. The van der Waals surface area contributed by atoms with Gasteiger partial charge in [-0.2, -0.15) is 0 Å². The number of amides is 2. The number of hydrogen-bond acceptors (Lipinski definition) is 4. The number of benzene rings is 2. The summed E-state index contributed by atoms with van der Waals surface area (Å²) >= 11 is 0. The maximum absolute atomic E-state index is 13.3. The van der Waals surface area contributed by atoms with E-state index in [0.29, 0.717) is 25.2 Å². The van der Waals surface area contributed by atoms with Crippen molar-refractivity contribution in [3.8, 4) is 0 Å². The summed E-state index contributed by atoms with van der Waals surface area (Å²) in [6.07, 6.45) is 3.83. The molecule has 1 atom stereocenters. The summed E-state index contributed by atoms with van der Waals surface area (Å²) < 4.78 is 39.0. The molecule has 2 rings (SSSR count). The van der Waals surface area contributed by atoms with Gasteiger partial charge in [0, 0.05) is 26.1 Å². The molecule has 1 N–H and O–H groups in total. The molecule has 9 heteroatoms. The molecule has 0 saturated heterocycles. The molecule has 0 spiro atoms. The normalized spacial score (nSPS) is 12.1. The van der Waals surface area contributed by atoms with Gasteiger partial charge < -0.3 is 10.2 Å². The van der Waals surface area contributed by atoms with Crippen molar-refractivity contribution < 1.29 is 22.4 Å². The SMILES string of the molecule is CCCCNC(=O)C(C)N(CCc1ccccc1)C(=O)CCCN(c1ccc(F)cc1)S(C)(=O)=O. The van der Waals surface area contributed by atoms with Crippen molar-refractivity contribution in [1.82, 2.24) is 10.2 Å². The number of nitrogens with one attached hydrogen (secondary N) is 1. The molecule has 0 bridgehead atoms. The van der Waals surface area contributed by atoms with Gasteiger partial charge in [0.25, 0.3) is 0 Å². The number of anilines is 1. The quantitative estimate of drug-likeness (QED) is 0.396. The van der Waals surface area contributed by atoms with Gasteiger partial charge in [0.05, 0.1) is 11.9 Å². The summed E-state index contributed by atoms with van der Waals surface area (Å²) in [6.45, 7) is 4.75. The van der Waals surface area contributed by atoms with Crippen LogP contribution in [0.4, 0.5) is 10.1 Å². The summed E-state index contributed by atoms with van der Waals surface area (Å²) in [5, 5.41) is 2.89. The van der Waals surface area contributed by atoms with Gasteiger partial charge in [-0.25, -0.2) is 12.8 Å². The number of rotatable bonds is 14. The Bertz CT molecular complexity index is 1050. The molecule has 2 amide bonds. The summed E-state index contributed by atoms with van der Waals surface area (Å²) in [6, 6.07) is 14.3. The van der Waals surface area contributed by atoms with Crippen molar-refractivity contribution in [2.24, 2.45) is 0 Å². The van der Waals surface area contributed by atoms with Gasteiger partial charge in [-0.05, 0) is 56.0 Å². The van der Waals surface area contributed by atoms with E-state index in [1.807, 2.05) is 37.3 Å². The standard InChI is InChI=1S/C26H36FN3O4S/c1-4-5-18-28-26(32)21(2)29(20-17-22-10-7-6-8-11-22)25(31)12-9-19-30(35(3,33)34)24-15-13-23(27)14-16-24/h6-8,10-11,13-16,21H,4-5,9,12,17-20H2,1-3H3,(H,28,32). The van der Waals surface area contributed by atoms with E-state index in [4.69, 9.17) is 0 Å². The van der Waals surface area contributed by atoms with Gasteiger partial charge in [0.15, 0.2) is 0 Å². The van der Waals surface area contributed by atoms with E-state index in [1.54, 1.807) is 11.8 Å². The van der Waals surface area contributed by atoms with Crippen LogP contribution in [0.5, 0.6) is 0 Å². The van der Waals surface area contributed by atoms with Crippen molar-refractivity contribution >= 4 is 27.5 Å². The van der Waals surface area contributed by atoms with Crippen molar-refractivity contribution in [1.29, 1.82) is 0 Å². The molecule has 35 heavy (non-hydrogen) atoms. The smallest absolute Gasteiger partial charge is 0.242 e. The maximum atomic E-state index is 13.3. The van der Waals surface area contributed by atoms with Crippen molar-refractivity contribution in [3.63, 3.8) is 0 Å². The van der Waals surface area contributed by atoms with Gasteiger partial charge in [0.1, 0.15) is 11.9 Å². The van der Waals surface area contributed by atoms with Crippen molar-refractivity contribution in [2.45, 2.75) is 52.0 Å². The zero-order valence-corrected chi connectivity index (χ0v) is 21.6. The molecule has 2 aromatic rings. The van der Waals surface area contributed by atoms with Crippen molar-refractivity contribution in [2.75, 3.05) is 30.2 Å². The number of unbranched alkanes of at least 4 members (excludes halogenated alkanes) is 1. The van der Waals surface area contributed by atoms with Gasteiger partial charge in [-0.1, -0.05) is 43.7 Å². The van der Waals surface area contributed by atoms with E-state index < -0.39 is 21.9 Å². The minimum atomic E-state index is -3.62. The molecule has 0 aliphatic heterocycles. The number of halogens is 1. The average molecular weight is 506 g/mol. The van der Waals surface area contributed by atoms with E-state index in [0.717, 1.165) is 29.0 Å². The monoisotopic (exact) mass is 505 g/mol. The molecule has 192 valence electrons. The Morgan fingerprint density at radius 1 is 1.00 bits per heavy atom. The molecule has 0 aliphatic carbocycles. The molecule has 0 heterocycles. The molecule has 7 nitrogen and oxygen atoms in total. The number of hydrogen-bond donors (Lipinski definition) is 1. The lowest BCUT2D eigenvalue weighted by atomic mass is 10.1. The summed E-state index contributed by atoms with van der Waals surface area (Å²) in [5.41, 5.74) is 1.40. The Morgan fingerprint density at radius 3 is 2.26 bits per heavy atom. The lowest BCUT2D eigenvalue weighted by molar-refractivity contribution is -0.139. The Kier molecular flexibility index (Phi) is 11.2. The third-order valence-electron chi connectivity index (χ3n) is 5.75. The van der Waals surface area contributed by atoms with Crippen LogP contribution in [0.25, 0.3) is 0 Å². The first-order chi connectivity index (χ1) is 16.6. The van der Waals surface area contributed by atoms with E-state index in [2.05, 4.69) is 5.32 Å². The van der Waals surface area contributed by atoms with E-state index in [-0.39, 0.29) is 31.2 Å². The topological polar surface area (TPSA) is 86.8 Å². The highest BCUT2D eigenvalue weighted by molar-refractivity contribution is 7.92. The fraction of sp³-hybridized carbons (Fsp3) is 0.462. The first kappa shape index (κ1) is 28.3. The van der Waals surface area contributed by atoms with Crippen LogP contribution in [0, 0.1) is 5.82 Å². The first-order valence-electron chi connectivity index (χ1n) is 12.0. The van der Waals surface area contributed by atoms with Crippen LogP contribution < -0.4 is 9.62 Å². The third-order valence-corrected chi connectivity index (χ3v) is 6.94. The lowest BCUT2D eigenvalue weighted by Gasteiger charge is -2.29. The highest BCUT2D eigenvalue weighted by atomic mass is 32.2. The molecular formula is C26H36FN3O4S. The molecule has 0 aliphatic rings. The van der Waals surface area contributed by atoms with Gasteiger partial charge in [0.2, 0.25) is 21.8 Å². The van der Waals surface area contributed by atoms with Crippen LogP contribution in [0.3, 0.4) is 0 Å². The zero-order valence-electron chi connectivity index (χ0n) is 20.7. The average Bonchev–Trinajstić information content (AvgIpc) is 2.82. The van der Waals surface area contributed by atoms with Gasteiger partial charge in [-0.15, -0.1) is 0 Å². The largest absolute Gasteiger partial charge is 0.354 e. The number of carbonyl (C=O) groups excluding carboxylic acids is 2. The van der Waals surface area contributed by atoms with Gasteiger partial charge in [-0.3, -0.25) is 13.9 Å². The molecule has 0 fully saturated rings. The predicted molar refractivity (Wildman–Crippen MR) is 137 cm³/mol. The maximum Gasteiger partial charge on any atom is 0.242 e.